The van der Waals surface area contributed by atoms with Crippen LogP contribution in [-0.2, 0) is 4.79 Å². The Morgan fingerprint density at radius 1 is 0.911 bits per heavy atom. The second kappa shape index (κ2) is 15.3. The van der Waals surface area contributed by atoms with E-state index in [-0.39, 0.29) is 22.7 Å². The van der Waals surface area contributed by atoms with E-state index in [1.807, 2.05) is 0 Å². The molecule has 1 aliphatic heterocycles. The maximum absolute atomic E-state index is 13.5. The zero-order valence-corrected chi connectivity index (χ0v) is 25.4. The van der Waals surface area contributed by atoms with Gasteiger partial charge in [0, 0.05) is 50.4 Å². The molecule has 248 valence electrons. The third kappa shape index (κ3) is 11.9. The highest BCUT2D eigenvalue weighted by Gasteiger charge is 2.37. The number of piperazine rings is 1. The van der Waals surface area contributed by atoms with Gasteiger partial charge in [-0.25, -0.2) is 0 Å². The Balaban J connectivity index is 1.37. The lowest BCUT2D eigenvalue weighted by molar-refractivity contribution is -0.275. The second-order valence-corrected chi connectivity index (χ2v) is 11.6. The number of alkyl halides is 6. The van der Waals surface area contributed by atoms with Crippen LogP contribution in [0, 0.1) is 5.92 Å². The van der Waals surface area contributed by atoms with E-state index in [4.69, 9.17) is 17.0 Å². The molecule has 15 heteroatoms. The van der Waals surface area contributed by atoms with Crippen molar-refractivity contribution in [3.05, 3.63) is 48.5 Å². The molecular formula is C30H36F6N4O4S. The second-order valence-electron chi connectivity index (χ2n) is 11.2. The van der Waals surface area contributed by atoms with Crippen molar-refractivity contribution < 1.29 is 45.3 Å². The van der Waals surface area contributed by atoms with Gasteiger partial charge in [-0.3, -0.25) is 4.79 Å². The molecule has 45 heavy (non-hydrogen) atoms. The first kappa shape index (κ1) is 34.6. The van der Waals surface area contributed by atoms with Crippen LogP contribution in [0.3, 0.4) is 0 Å². The standard InChI is InChI=1S/C30H36F6N4O4S/c1-39-14-16-40(17-15-39)13-3-6-26(41)25-19-21(38-28(45)37-20-4-2-5-24(18-20)44-30(34,35)36)7-12-27(25)42-22-8-10-23(11-9-22)43-29(31,32)33/h2,4-5,8-11,18,21,25,27H,3,6-7,12-17,19H2,1H3,(H2,37,38,45). The first-order chi connectivity index (χ1) is 21.2. The number of rotatable bonds is 11. The largest absolute Gasteiger partial charge is 0.573 e. The Kier molecular flexibility index (Phi) is 11.8. The number of hydrogen-bond acceptors (Lipinski definition) is 7. The van der Waals surface area contributed by atoms with Gasteiger partial charge in [0.25, 0.3) is 0 Å². The van der Waals surface area contributed by atoms with E-state index >= 15 is 0 Å². The van der Waals surface area contributed by atoms with E-state index < -0.39 is 30.5 Å². The quantitative estimate of drug-likeness (QED) is 0.223. The number of halogens is 6. The highest BCUT2D eigenvalue weighted by molar-refractivity contribution is 7.80. The topological polar surface area (TPSA) is 75.3 Å². The van der Waals surface area contributed by atoms with Crippen molar-refractivity contribution in [3.63, 3.8) is 0 Å². The third-order valence-corrected chi connectivity index (χ3v) is 7.92. The minimum Gasteiger partial charge on any atom is -0.490 e. The number of carbonyl (C=O) groups excluding carboxylic acids is 1. The molecule has 1 heterocycles. The average molecular weight is 663 g/mol. The maximum atomic E-state index is 13.5. The van der Waals surface area contributed by atoms with Crippen molar-refractivity contribution in [3.8, 4) is 17.2 Å². The smallest absolute Gasteiger partial charge is 0.490 e. The van der Waals surface area contributed by atoms with E-state index in [2.05, 4.69) is 37.0 Å². The lowest BCUT2D eigenvalue weighted by Crippen LogP contribution is -2.47. The van der Waals surface area contributed by atoms with Gasteiger partial charge >= 0.3 is 12.7 Å². The Hall–Kier alpha value is -3.30. The molecule has 1 saturated heterocycles. The molecule has 2 N–H and O–H groups in total. The molecule has 1 aliphatic carbocycles. The number of nitrogens with one attached hydrogen (secondary N) is 2. The van der Waals surface area contributed by atoms with Crippen LogP contribution in [0.2, 0.25) is 0 Å². The van der Waals surface area contributed by atoms with E-state index in [0.717, 1.165) is 44.9 Å². The number of ether oxygens (including phenoxy) is 3. The van der Waals surface area contributed by atoms with E-state index in [1.54, 1.807) is 6.07 Å². The molecule has 3 atom stereocenters. The zero-order valence-electron chi connectivity index (χ0n) is 24.6. The van der Waals surface area contributed by atoms with Gasteiger partial charge in [-0.2, -0.15) is 0 Å². The molecule has 1 saturated carbocycles. The number of Topliss-reactive ketones (excluding diaryl/α,β-unsaturated/α-hetero) is 1. The molecule has 4 rings (SSSR count). The highest BCUT2D eigenvalue weighted by Crippen LogP contribution is 2.32. The Labute approximate surface area is 263 Å². The van der Waals surface area contributed by atoms with Crippen LogP contribution in [0.5, 0.6) is 17.2 Å². The minimum absolute atomic E-state index is 0.0218. The molecule has 2 fully saturated rings. The maximum Gasteiger partial charge on any atom is 0.573 e. The SMILES string of the molecule is CN1CCN(CCCC(=O)C2CC(NC(=S)Nc3cccc(OC(F)(F)F)c3)CCC2Oc2ccc(OC(F)(F)F)cc2)CC1. The van der Waals surface area contributed by atoms with Crippen LogP contribution >= 0.6 is 12.2 Å². The number of ketones is 1. The summed E-state index contributed by atoms with van der Waals surface area (Å²) < 4.78 is 89.5. The molecule has 0 spiro atoms. The molecule has 2 aromatic carbocycles. The van der Waals surface area contributed by atoms with Gasteiger partial charge in [0.05, 0.1) is 5.92 Å². The summed E-state index contributed by atoms with van der Waals surface area (Å²) in [4.78, 5) is 18.1. The van der Waals surface area contributed by atoms with Crippen LogP contribution in [0.15, 0.2) is 48.5 Å². The van der Waals surface area contributed by atoms with Crippen LogP contribution in [-0.4, -0.2) is 85.3 Å². The monoisotopic (exact) mass is 662 g/mol. The summed E-state index contributed by atoms with van der Waals surface area (Å²) in [6.45, 7) is 4.62. The van der Waals surface area contributed by atoms with Crippen molar-refractivity contribution in [2.75, 3.05) is 45.1 Å². The molecule has 0 aromatic heterocycles. The lowest BCUT2D eigenvalue weighted by Gasteiger charge is -2.36. The zero-order chi connectivity index (χ0) is 32.6. The van der Waals surface area contributed by atoms with E-state index in [9.17, 15) is 31.1 Å². The summed E-state index contributed by atoms with van der Waals surface area (Å²) >= 11 is 5.41. The lowest BCUT2D eigenvalue weighted by atomic mass is 9.79. The number of anilines is 1. The molecular weight excluding hydrogens is 626 g/mol. The van der Waals surface area contributed by atoms with Gasteiger partial charge in [-0.1, -0.05) is 6.07 Å². The van der Waals surface area contributed by atoms with Crippen LogP contribution in [0.25, 0.3) is 0 Å². The number of thiocarbonyl (C=S) groups is 1. The summed E-state index contributed by atoms with van der Waals surface area (Å²) in [5.41, 5.74) is 0.292. The van der Waals surface area contributed by atoms with Gasteiger partial charge in [0.15, 0.2) is 5.11 Å². The Morgan fingerprint density at radius 2 is 1.56 bits per heavy atom. The molecule has 3 unspecified atom stereocenters. The molecule has 2 aromatic rings. The number of hydrogen-bond donors (Lipinski definition) is 2. The Morgan fingerprint density at radius 3 is 2.22 bits per heavy atom. The normalized spacial score (nSPS) is 21.5. The molecule has 8 nitrogen and oxygen atoms in total. The summed E-state index contributed by atoms with van der Waals surface area (Å²) in [7, 11) is 2.08. The molecule has 0 bridgehead atoms. The highest BCUT2D eigenvalue weighted by atomic mass is 32.1. The fourth-order valence-corrected chi connectivity index (χ4v) is 5.79. The molecule has 0 amide bonds. The van der Waals surface area contributed by atoms with Crippen molar-refractivity contribution in [1.82, 2.24) is 15.1 Å². The first-order valence-electron chi connectivity index (χ1n) is 14.6. The number of carbonyl (C=O) groups is 1. The summed E-state index contributed by atoms with van der Waals surface area (Å²) in [6, 6.07) is 10.1. The fraction of sp³-hybridized carbons (Fsp3) is 0.533. The summed E-state index contributed by atoms with van der Waals surface area (Å²) in [5.74, 6) is -0.951. The van der Waals surface area contributed by atoms with Crippen molar-refractivity contribution in [1.29, 1.82) is 0 Å². The van der Waals surface area contributed by atoms with E-state index in [0.29, 0.717) is 43.5 Å². The third-order valence-electron chi connectivity index (χ3n) is 7.70. The summed E-state index contributed by atoms with van der Waals surface area (Å²) in [5, 5.41) is 6.19. The predicted molar refractivity (Wildman–Crippen MR) is 159 cm³/mol. The molecule has 2 aliphatic rings. The van der Waals surface area contributed by atoms with Crippen LogP contribution in [0.1, 0.15) is 32.1 Å². The Bertz CT molecular complexity index is 1270. The minimum atomic E-state index is -4.83. The fourth-order valence-electron chi connectivity index (χ4n) is 5.51. The predicted octanol–water partition coefficient (Wildman–Crippen LogP) is 5.98. The van der Waals surface area contributed by atoms with Crippen molar-refractivity contribution >= 4 is 28.8 Å². The van der Waals surface area contributed by atoms with Gasteiger partial charge in [-0.15, -0.1) is 26.3 Å². The van der Waals surface area contributed by atoms with Crippen molar-refractivity contribution in [2.45, 2.75) is 57.0 Å². The van der Waals surface area contributed by atoms with Gasteiger partial charge in [0.1, 0.15) is 29.1 Å². The van der Waals surface area contributed by atoms with Crippen molar-refractivity contribution in [2.24, 2.45) is 5.92 Å². The molecule has 0 radical (unpaired) electrons. The van der Waals surface area contributed by atoms with Gasteiger partial charge < -0.3 is 34.6 Å². The van der Waals surface area contributed by atoms with Gasteiger partial charge in [-0.05, 0) is 87.9 Å². The summed E-state index contributed by atoms with van der Waals surface area (Å²) in [6.07, 6.45) is -7.72. The van der Waals surface area contributed by atoms with E-state index in [1.165, 1.54) is 30.3 Å². The van der Waals surface area contributed by atoms with Crippen LogP contribution < -0.4 is 24.8 Å². The first-order valence-corrected chi connectivity index (χ1v) is 15.0. The van der Waals surface area contributed by atoms with Gasteiger partial charge in [0.2, 0.25) is 0 Å². The average Bonchev–Trinajstić information content (AvgIpc) is 2.94. The van der Waals surface area contributed by atoms with Crippen LogP contribution in [0.4, 0.5) is 32.0 Å². The number of likely N-dealkylation sites (N-methyl/N-ethyl adjacent to an activating group) is 1. The number of nitrogens with zero attached hydrogens (tertiary/aromatic N) is 2. The number of benzene rings is 2.